The molecule has 2 aliphatic rings. The Kier molecular flexibility index (Phi) is 7.29. The molecule has 1 saturated carbocycles. The monoisotopic (exact) mass is 376 g/mol. The number of guanidine groups is 1. The van der Waals surface area contributed by atoms with E-state index in [9.17, 15) is 5.11 Å². The number of pyridine rings is 1. The fourth-order valence-corrected chi connectivity index (χ4v) is 3.81. The highest BCUT2D eigenvalue weighted by Gasteiger charge is 2.34. The average molecular weight is 377 g/mol. The van der Waals surface area contributed by atoms with Crippen LogP contribution in [0.4, 0.5) is 0 Å². The van der Waals surface area contributed by atoms with Crippen molar-refractivity contribution >= 4 is 5.96 Å². The quantitative estimate of drug-likeness (QED) is 0.474. The number of nitrogens with zero attached hydrogens (tertiary/aromatic N) is 2. The minimum absolute atomic E-state index is 0.0165. The first-order valence-corrected chi connectivity index (χ1v) is 9.98. The van der Waals surface area contributed by atoms with E-state index in [0.717, 1.165) is 50.4 Å². The summed E-state index contributed by atoms with van der Waals surface area (Å²) < 4.78 is 11.7. The molecule has 1 aromatic heterocycles. The smallest absolute Gasteiger partial charge is 0.218 e. The molecule has 7 nitrogen and oxygen atoms in total. The van der Waals surface area contributed by atoms with E-state index in [1.807, 2.05) is 12.1 Å². The van der Waals surface area contributed by atoms with Gasteiger partial charge < -0.3 is 25.2 Å². The number of aliphatic hydroxyl groups is 1. The molecule has 1 saturated heterocycles. The number of aliphatic imine (C=N–C) groups is 1. The molecule has 0 radical (unpaired) electrons. The highest BCUT2D eigenvalue weighted by molar-refractivity contribution is 5.79. The van der Waals surface area contributed by atoms with Crippen LogP contribution in [0.1, 0.15) is 44.1 Å². The Morgan fingerprint density at radius 2 is 2.26 bits per heavy atom. The molecular weight excluding hydrogens is 344 g/mol. The van der Waals surface area contributed by atoms with E-state index in [0.29, 0.717) is 19.0 Å². The highest BCUT2D eigenvalue weighted by atomic mass is 16.5. The van der Waals surface area contributed by atoms with Gasteiger partial charge in [0, 0.05) is 50.5 Å². The standard InChI is InChI=1S/C20H32N4O3/c1-21-19(24-14-20(8-11-25)9-12-26-15-20)23-13-16-5-4-10-22-18(16)27-17-6-2-3-7-17/h4-5,10,17,25H,2-3,6-9,11-15H2,1H3,(H2,21,23,24). The van der Waals surface area contributed by atoms with E-state index in [1.165, 1.54) is 12.8 Å². The van der Waals surface area contributed by atoms with Crippen LogP contribution in [0.3, 0.4) is 0 Å². The molecule has 1 atom stereocenters. The lowest BCUT2D eigenvalue weighted by atomic mass is 9.84. The van der Waals surface area contributed by atoms with E-state index in [1.54, 1.807) is 13.2 Å². The number of ether oxygens (including phenoxy) is 2. The second kappa shape index (κ2) is 9.90. The summed E-state index contributed by atoms with van der Waals surface area (Å²) in [6, 6.07) is 3.97. The van der Waals surface area contributed by atoms with Crippen molar-refractivity contribution < 1.29 is 14.6 Å². The van der Waals surface area contributed by atoms with Crippen LogP contribution in [0, 0.1) is 5.41 Å². The van der Waals surface area contributed by atoms with Gasteiger partial charge in [0.15, 0.2) is 5.96 Å². The number of rotatable bonds is 8. The molecule has 27 heavy (non-hydrogen) atoms. The predicted molar refractivity (Wildman–Crippen MR) is 105 cm³/mol. The van der Waals surface area contributed by atoms with Crippen LogP contribution in [0.25, 0.3) is 0 Å². The van der Waals surface area contributed by atoms with Crippen molar-refractivity contribution in [3.05, 3.63) is 23.9 Å². The molecule has 3 N–H and O–H groups in total. The van der Waals surface area contributed by atoms with Crippen LogP contribution in [0.15, 0.2) is 23.3 Å². The van der Waals surface area contributed by atoms with Crippen molar-refractivity contribution in [1.29, 1.82) is 0 Å². The molecule has 1 aliphatic heterocycles. The fraction of sp³-hybridized carbons (Fsp3) is 0.700. The lowest BCUT2D eigenvalue weighted by Crippen LogP contribution is -2.44. The Labute approximate surface area is 161 Å². The van der Waals surface area contributed by atoms with Crippen molar-refractivity contribution in [2.75, 3.05) is 33.4 Å². The van der Waals surface area contributed by atoms with Crippen molar-refractivity contribution in [3.63, 3.8) is 0 Å². The number of hydrogen-bond acceptors (Lipinski definition) is 5. The summed E-state index contributed by atoms with van der Waals surface area (Å²) in [7, 11) is 1.76. The molecule has 0 spiro atoms. The third-order valence-electron chi connectivity index (χ3n) is 5.56. The Balaban J connectivity index is 1.53. The predicted octanol–water partition coefficient (Wildman–Crippen LogP) is 1.86. The molecule has 150 valence electrons. The zero-order chi connectivity index (χ0) is 19.0. The van der Waals surface area contributed by atoms with E-state index in [2.05, 4.69) is 20.6 Å². The van der Waals surface area contributed by atoms with Gasteiger partial charge in [-0.1, -0.05) is 6.07 Å². The maximum absolute atomic E-state index is 9.36. The Morgan fingerprint density at radius 3 is 2.96 bits per heavy atom. The first-order valence-electron chi connectivity index (χ1n) is 9.98. The Morgan fingerprint density at radius 1 is 1.41 bits per heavy atom. The number of nitrogens with one attached hydrogen (secondary N) is 2. The van der Waals surface area contributed by atoms with Crippen LogP contribution in [-0.4, -0.2) is 55.6 Å². The van der Waals surface area contributed by atoms with Gasteiger partial charge in [-0.25, -0.2) is 4.98 Å². The zero-order valence-corrected chi connectivity index (χ0v) is 16.2. The molecule has 0 aromatic carbocycles. The van der Waals surface area contributed by atoms with Crippen molar-refractivity contribution in [2.24, 2.45) is 10.4 Å². The molecule has 0 bridgehead atoms. The van der Waals surface area contributed by atoms with Crippen molar-refractivity contribution in [1.82, 2.24) is 15.6 Å². The van der Waals surface area contributed by atoms with Gasteiger partial charge in [-0.05, 0) is 44.6 Å². The minimum Gasteiger partial charge on any atom is -0.474 e. The summed E-state index contributed by atoms with van der Waals surface area (Å²) in [5.74, 6) is 1.45. The molecule has 0 amide bonds. The molecule has 2 fully saturated rings. The maximum Gasteiger partial charge on any atom is 0.218 e. The Hall–Kier alpha value is -1.86. The fourth-order valence-electron chi connectivity index (χ4n) is 3.81. The average Bonchev–Trinajstić information content (AvgIpc) is 3.36. The SMILES string of the molecule is CN=C(NCc1cccnc1OC1CCCC1)NCC1(CCO)CCOC1. The lowest BCUT2D eigenvalue weighted by molar-refractivity contribution is 0.127. The van der Waals surface area contributed by atoms with E-state index in [-0.39, 0.29) is 18.1 Å². The van der Waals surface area contributed by atoms with Crippen LogP contribution in [-0.2, 0) is 11.3 Å². The zero-order valence-electron chi connectivity index (χ0n) is 16.2. The molecule has 7 heteroatoms. The van der Waals surface area contributed by atoms with E-state index < -0.39 is 0 Å². The largest absolute Gasteiger partial charge is 0.474 e. The third-order valence-corrected chi connectivity index (χ3v) is 5.56. The van der Waals surface area contributed by atoms with Crippen LogP contribution >= 0.6 is 0 Å². The number of hydrogen-bond donors (Lipinski definition) is 3. The number of aliphatic hydroxyl groups excluding tert-OH is 1. The summed E-state index contributed by atoms with van der Waals surface area (Å²) in [5.41, 5.74) is 1.01. The van der Waals surface area contributed by atoms with Crippen LogP contribution in [0.2, 0.25) is 0 Å². The van der Waals surface area contributed by atoms with Gasteiger partial charge in [-0.2, -0.15) is 0 Å². The van der Waals surface area contributed by atoms with Crippen molar-refractivity contribution in [2.45, 2.75) is 51.2 Å². The molecule has 1 unspecified atom stereocenters. The topological polar surface area (TPSA) is 88.0 Å². The van der Waals surface area contributed by atoms with Crippen LogP contribution < -0.4 is 15.4 Å². The van der Waals surface area contributed by atoms with Gasteiger partial charge >= 0.3 is 0 Å². The summed E-state index contributed by atoms with van der Waals surface area (Å²) in [6.45, 7) is 2.93. The van der Waals surface area contributed by atoms with Gasteiger partial charge in [0.2, 0.25) is 5.88 Å². The van der Waals surface area contributed by atoms with Gasteiger partial charge in [-0.15, -0.1) is 0 Å². The van der Waals surface area contributed by atoms with Gasteiger partial charge in [-0.3, -0.25) is 4.99 Å². The summed E-state index contributed by atoms with van der Waals surface area (Å²) in [4.78, 5) is 8.74. The molecule has 1 aromatic rings. The molecule has 3 rings (SSSR count). The summed E-state index contributed by atoms with van der Waals surface area (Å²) in [5, 5.41) is 16.1. The first kappa shape index (κ1) is 19.9. The van der Waals surface area contributed by atoms with Crippen LogP contribution in [0.5, 0.6) is 5.88 Å². The van der Waals surface area contributed by atoms with E-state index >= 15 is 0 Å². The Bertz CT molecular complexity index is 611. The minimum atomic E-state index is -0.0165. The second-order valence-electron chi connectivity index (χ2n) is 7.55. The van der Waals surface area contributed by atoms with Gasteiger partial charge in [0.05, 0.1) is 6.61 Å². The van der Waals surface area contributed by atoms with Gasteiger partial charge in [0.1, 0.15) is 6.10 Å². The van der Waals surface area contributed by atoms with Gasteiger partial charge in [0.25, 0.3) is 0 Å². The molecule has 2 heterocycles. The van der Waals surface area contributed by atoms with E-state index in [4.69, 9.17) is 9.47 Å². The molecular formula is C20H32N4O3. The lowest BCUT2D eigenvalue weighted by Gasteiger charge is -2.27. The normalized spacial score (nSPS) is 23.6. The molecule has 1 aliphatic carbocycles. The highest BCUT2D eigenvalue weighted by Crippen LogP contribution is 2.31. The third kappa shape index (κ3) is 5.56. The first-order chi connectivity index (χ1) is 13.2. The second-order valence-corrected chi connectivity index (χ2v) is 7.55. The number of aromatic nitrogens is 1. The summed E-state index contributed by atoms with van der Waals surface area (Å²) in [6.07, 6.45) is 8.46. The summed E-state index contributed by atoms with van der Waals surface area (Å²) >= 11 is 0. The maximum atomic E-state index is 9.36. The van der Waals surface area contributed by atoms with Crippen molar-refractivity contribution in [3.8, 4) is 5.88 Å².